The maximum atomic E-state index is 15.4. The highest BCUT2D eigenvalue weighted by Crippen LogP contribution is 2.34. The number of rotatable bonds is 4. The van der Waals surface area contributed by atoms with Crippen molar-refractivity contribution in [3.8, 4) is 0 Å². The zero-order valence-electron chi connectivity index (χ0n) is 19.9. The minimum absolute atomic E-state index is 0.0137. The summed E-state index contributed by atoms with van der Waals surface area (Å²) in [5.74, 6) is 0.365. The molecular weight excluding hydrogens is 417 g/mol. The first-order valence-electron chi connectivity index (χ1n) is 11.8. The van der Waals surface area contributed by atoms with Crippen molar-refractivity contribution in [2.45, 2.75) is 39.8 Å². The molecule has 174 valence electrons. The molecule has 0 radical (unpaired) electrons. The first-order chi connectivity index (χ1) is 15.9. The molecule has 33 heavy (non-hydrogen) atoms. The van der Waals surface area contributed by atoms with Gasteiger partial charge >= 0.3 is 0 Å². The normalized spacial score (nSPS) is 20.0. The van der Waals surface area contributed by atoms with Crippen LogP contribution in [0.15, 0.2) is 30.3 Å². The van der Waals surface area contributed by atoms with Crippen molar-refractivity contribution in [3.63, 3.8) is 0 Å². The fourth-order valence-electron chi connectivity index (χ4n) is 5.17. The van der Waals surface area contributed by atoms with Crippen molar-refractivity contribution in [2.24, 2.45) is 0 Å². The minimum atomic E-state index is -0.250. The Balaban J connectivity index is 1.50. The summed E-state index contributed by atoms with van der Waals surface area (Å²) < 4.78 is 21.1. The van der Waals surface area contributed by atoms with Crippen LogP contribution in [0.2, 0.25) is 0 Å². The third-order valence-electron chi connectivity index (χ3n) is 7.26. The Morgan fingerprint density at radius 1 is 1.12 bits per heavy atom. The van der Waals surface area contributed by atoms with Crippen LogP contribution in [-0.4, -0.2) is 60.5 Å². The summed E-state index contributed by atoms with van der Waals surface area (Å²) in [7, 11) is 0. The number of piperazine rings is 1. The molecule has 0 aliphatic carbocycles. The number of anilines is 2. The molecule has 1 aromatic heterocycles. The van der Waals surface area contributed by atoms with Gasteiger partial charge in [-0.15, -0.1) is 5.10 Å². The molecule has 2 saturated heterocycles. The van der Waals surface area contributed by atoms with E-state index in [0.29, 0.717) is 22.9 Å². The lowest BCUT2D eigenvalue weighted by Gasteiger charge is -2.44. The van der Waals surface area contributed by atoms with E-state index in [-0.39, 0.29) is 11.9 Å². The average Bonchev–Trinajstić information content (AvgIpc) is 2.82. The summed E-state index contributed by atoms with van der Waals surface area (Å²) in [5, 5.41) is 13.5. The molecule has 0 spiro atoms. The number of nitrogens with one attached hydrogen (secondary N) is 1. The van der Waals surface area contributed by atoms with Crippen LogP contribution < -0.4 is 10.2 Å². The number of nitrogens with zero attached hydrogens (tertiary/aromatic N) is 4. The first-order valence-corrected chi connectivity index (χ1v) is 11.8. The van der Waals surface area contributed by atoms with E-state index in [2.05, 4.69) is 70.4 Å². The van der Waals surface area contributed by atoms with Gasteiger partial charge in [0, 0.05) is 42.6 Å². The van der Waals surface area contributed by atoms with Crippen LogP contribution in [0.4, 0.5) is 15.9 Å². The van der Waals surface area contributed by atoms with E-state index in [1.54, 1.807) is 6.07 Å². The van der Waals surface area contributed by atoms with Gasteiger partial charge in [-0.25, -0.2) is 4.39 Å². The molecule has 6 nitrogen and oxygen atoms in total. The third-order valence-corrected chi connectivity index (χ3v) is 7.26. The monoisotopic (exact) mass is 449 g/mol. The van der Waals surface area contributed by atoms with Crippen molar-refractivity contribution in [3.05, 3.63) is 58.5 Å². The van der Waals surface area contributed by atoms with Gasteiger partial charge in [-0.05, 0) is 56.5 Å². The summed E-state index contributed by atoms with van der Waals surface area (Å²) in [5.41, 5.74) is 5.20. The Bertz CT molecular complexity index is 1180. The van der Waals surface area contributed by atoms with Crippen LogP contribution >= 0.6 is 0 Å². The van der Waals surface area contributed by atoms with Crippen molar-refractivity contribution in [2.75, 3.05) is 49.6 Å². The molecule has 2 aromatic carbocycles. The molecule has 1 N–H and O–H groups in total. The molecule has 0 saturated carbocycles. The molecule has 2 aliphatic heterocycles. The average molecular weight is 450 g/mol. The van der Waals surface area contributed by atoms with Crippen LogP contribution in [0, 0.1) is 26.6 Å². The van der Waals surface area contributed by atoms with Gasteiger partial charge in [-0.3, -0.25) is 4.90 Å². The molecule has 0 unspecified atom stereocenters. The second-order valence-electron chi connectivity index (χ2n) is 9.35. The Hall–Kier alpha value is -2.77. The second-order valence-corrected chi connectivity index (χ2v) is 9.35. The van der Waals surface area contributed by atoms with E-state index in [1.165, 1.54) is 16.7 Å². The molecule has 0 amide bonds. The molecule has 3 heterocycles. The van der Waals surface area contributed by atoms with E-state index in [1.807, 2.05) is 6.92 Å². The molecule has 2 aliphatic rings. The molecule has 7 heteroatoms. The van der Waals surface area contributed by atoms with Gasteiger partial charge in [-0.1, -0.05) is 18.2 Å². The molecule has 0 bridgehead atoms. The smallest absolute Gasteiger partial charge is 0.157 e. The van der Waals surface area contributed by atoms with Crippen LogP contribution in [-0.2, 0) is 4.74 Å². The summed E-state index contributed by atoms with van der Waals surface area (Å²) in [4.78, 5) is 4.75. The molecule has 5 rings (SSSR count). The SMILES string of the molecule is Cc1cccc([C@@H](C)Nc2nnc(C)c3c(F)cc(N4CCN5CCOC[C@@H]5C4)cc23)c1C. The highest BCUT2D eigenvalue weighted by Gasteiger charge is 2.30. The number of morpholine rings is 1. The molecule has 2 atom stereocenters. The number of aryl methyl sites for hydroxylation is 2. The predicted molar refractivity (Wildman–Crippen MR) is 131 cm³/mol. The molecule has 3 aromatic rings. The number of benzene rings is 2. The van der Waals surface area contributed by atoms with Crippen LogP contribution in [0.25, 0.3) is 10.8 Å². The maximum Gasteiger partial charge on any atom is 0.157 e. The van der Waals surface area contributed by atoms with Gasteiger partial charge in [0.1, 0.15) is 5.82 Å². The van der Waals surface area contributed by atoms with Gasteiger partial charge in [0.15, 0.2) is 5.82 Å². The standard InChI is InChI=1S/C26H32FN5O/c1-16-6-5-7-22(17(16)2)18(3)28-26-23-12-20(13-24(27)25(23)19(4)29-30-26)32-9-8-31-10-11-33-15-21(31)14-32/h5-7,12-13,18,21H,8-11,14-15H2,1-4H3,(H,28,30)/t18-,21+/m1/s1. The maximum absolute atomic E-state index is 15.4. The van der Waals surface area contributed by atoms with Gasteiger partial charge in [0.05, 0.1) is 31.0 Å². The Labute approximate surface area is 194 Å². The summed E-state index contributed by atoms with van der Waals surface area (Å²) >= 11 is 0. The number of aromatic nitrogens is 2. The van der Waals surface area contributed by atoms with Crippen molar-refractivity contribution in [1.29, 1.82) is 0 Å². The van der Waals surface area contributed by atoms with E-state index in [9.17, 15) is 0 Å². The minimum Gasteiger partial charge on any atom is -0.378 e. The van der Waals surface area contributed by atoms with Crippen molar-refractivity contribution < 1.29 is 9.13 Å². The lowest BCUT2D eigenvalue weighted by Crippen LogP contribution is -2.58. The Morgan fingerprint density at radius 3 is 2.82 bits per heavy atom. The van der Waals surface area contributed by atoms with Gasteiger partial charge in [-0.2, -0.15) is 5.10 Å². The number of ether oxygens (including phenoxy) is 1. The summed E-state index contributed by atoms with van der Waals surface area (Å²) in [6.45, 7) is 13.4. The highest BCUT2D eigenvalue weighted by atomic mass is 19.1. The summed E-state index contributed by atoms with van der Waals surface area (Å²) in [6.07, 6.45) is 0. The van der Waals surface area contributed by atoms with Crippen LogP contribution in [0.3, 0.4) is 0 Å². The van der Waals surface area contributed by atoms with Gasteiger partial charge < -0.3 is 15.0 Å². The zero-order chi connectivity index (χ0) is 23.1. The fourth-order valence-corrected chi connectivity index (χ4v) is 5.17. The number of hydrogen-bond donors (Lipinski definition) is 1. The van der Waals surface area contributed by atoms with E-state index >= 15 is 4.39 Å². The highest BCUT2D eigenvalue weighted by molar-refractivity contribution is 5.96. The van der Waals surface area contributed by atoms with Gasteiger partial charge in [0.25, 0.3) is 0 Å². The lowest BCUT2D eigenvalue weighted by atomic mass is 9.98. The Morgan fingerprint density at radius 2 is 1.97 bits per heavy atom. The molecule has 2 fully saturated rings. The number of fused-ring (bicyclic) bond motifs is 2. The predicted octanol–water partition coefficient (Wildman–Crippen LogP) is 4.39. The van der Waals surface area contributed by atoms with E-state index in [4.69, 9.17) is 4.74 Å². The summed E-state index contributed by atoms with van der Waals surface area (Å²) in [6, 6.07) is 10.4. The quantitative estimate of drug-likeness (QED) is 0.638. The Kier molecular flexibility index (Phi) is 5.93. The first kappa shape index (κ1) is 22.0. The third kappa shape index (κ3) is 4.15. The molecular formula is C26H32FN5O. The van der Waals surface area contributed by atoms with Gasteiger partial charge in [0.2, 0.25) is 0 Å². The topological polar surface area (TPSA) is 53.5 Å². The van der Waals surface area contributed by atoms with Crippen LogP contribution in [0.1, 0.15) is 35.3 Å². The zero-order valence-corrected chi connectivity index (χ0v) is 19.9. The lowest BCUT2D eigenvalue weighted by molar-refractivity contribution is -0.0116. The second kappa shape index (κ2) is 8.88. The fraction of sp³-hybridized carbons (Fsp3) is 0.462. The van der Waals surface area contributed by atoms with Crippen molar-refractivity contribution >= 4 is 22.3 Å². The number of hydrogen-bond acceptors (Lipinski definition) is 6. The van der Waals surface area contributed by atoms with Crippen molar-refractivity contribution in [1.82, 2.24) is 15.1 Å². The van der Waals surface area contributed by atoms with E-state index in [0.717, 1.165) is 50.5 Å². The van der Waals surface area contributed by atoms with E-state index < -0.39 is 0 Å². The van der Waals surface area contributed by atoms with Crippen LogP contribution in [0.5, 0.6) is 0 Å². The number of halogens is 1. The largest absolute Gasteiger partial charge is 0.378 e.